The van der Waals surface area contributed by atoms with E-state index in [2.05, 4.69) is 10.3 Å². The van der Waals surface area contributed by atoms with Gasteiger partial charge in [-0.15, -0.1) is 0 Å². The van der Waals surface area contributed by atoms with Gasteiger partial charge in [-0.1, -0.05) is 19.1 Å². The molecule has 0 aliphatic carbocycles. The first-order valence-electron chi connectivity index (χ1n) is 9.29. The highest BCUT2D eigenvalue weighted by molar-refractivity contribution is 5.91. The number of phenolic OH excluding ortho intramolecular Hbond substituents is 1. The van der Waals surface area contributed by atoms with Crippen molar-refractivity contribution in [3.8, 4) is 28.5 Å². The normalized spacial score (nSPS) is 12.2. The summed E-state index contributed by atoms with van der Waals surface area (Å²) in [5.41, 5.74) is 8.24. The summed E-state index contributed by atoms with van der Waals surface area (Å²) in [5.74, 6) is 1.97. The molecule has 0 bridgehead atoms. The van der Waals surface area contributed by atoms with Gasteiger partial charge in [0.05, 0.1) is 17.3 Å². The monoisotopic (exact) mass is 374 g/mol. The second kappa shape index (κ2) is 7.70. The zero-order valence-corrected chi connectivity index (χ0v) is 15.6. The molecule has 0 fully saturated rings. The average Bonchev–Trinajstić information content (AvgIpc) is 3.26. The Balaban J connectivity index is 1.81. The van der Waals surface area contributed by atoms with Gasteiger partial charge in [0.25, 0.3) is 0 Å². The van der Waals surface area contributed by atoms with Gasteiger partial charge in [0.2, 0.25) is 0 Å². The fourth-order valence-electron chi connectivity index (χ4n) is 3.02. The number of hydrogen-bond donors (Lipinski definition) is 3. The smallest absolute Gasteiger partial charge is 0.165 e. The van der Waals surface area contributed by atoms with Gasteiger partial charge in [0.15, 0.2) is 5.82 Å². The third-order valence-electron chi connectivity index (χ3n) is 4.70. The van der Waals surface area contributed by atoms with Crippen molar-refractivity contribution in [3.63, 3.8) is 0 Å². The van der Waals surface area contributed by atoms with Gasteiger partial charge in [-0.2, -0.15) is 0 Å². The summed E-state index contributed by atoms with van der Waals surface area (Å²) in [4.78, 5) is 9.36. The summed E-state index contributed by atoms with van der Waals surface area (Å²) in [6, 6.07) is 16.8. The standard InChI is InChI=1S/C22H22N4O2/c1-2-15(23)13-24-21-16-6-3-4-7-18(16)25-22(26-21)17-12-14(9-10-19(17)27)20-8-5-11-28-20/h3-12,15,27H,2,13,23H2,1H3,(H,24,25,26)/t15-/m1/s1. The van der Waals surface area contributed by atoms with Crippen LogP contribution in [0.2, 0.25) is 0 Å². The van der Waals surface area contributed by atoms with E-state index in [1.165, 1.54) is 0 Å². The van der Waals surface area contributed by atoms with E-state index >= 15 is 0 Å². The van der Waals surface area contributed by atoms with Gasteiger partial charge >= 0.3 is 0 Å². The quantitative estimate of drug-likeness (QED) is 0.462. The Labute approximate surface area is 163 Å². The average molecular weight is 374 g/mol. The summed E-state index contributed by atoms with van der Waals surface area (Å²) in [6.45, 7) is 2.66. The van der Waals surface area contributed by atoms with E-state index in [0.717, 1.165) is 22.9 Å². The lowest BCUT2D eigenvalue weighted by Gasteiger charge is -2.14. The van der Waals surface area contributed by atoms with Gasteiger partial charge in [-0.25, -0.2) is 9.97 Å². The predicted molar refractivity (Wildman–Crippen MR) is 111 cm³/mol. The number of phenols is 1. The SMILES string of the molecule is CC[C@@H](N)CNc1nc(-c2cc(-c3ccco3)ccc2O)nc2ccccc12. The zero-order chi connectivity index (χ0) is 19.5. The number of nitrogens with one attached hydrogen (secondary N) is 1. The number of aromatic nitrogens is 2. The van der Waals surface area contributed by atoms with Crippen LogP contribution >= 0.6 is 0 Å². The van der Waals surface area contributed by atoms with E-state index in [9.17, 15) is 5.11 Å². The van der Waals surface area contributed by atoms with Crippen LogP contribution in [0.15, 0.2) is 65.3 Å². The molecule has 4 N–H and O–H groups in total. The lowest BCUT2D eigenvalue weighted by atomic mass is 10.1. The topological polar surface area (TPSA) is 97.2 Å². The highest BCUT2D eigenvalue weighted by Crippen LogP contribution is 2.34. The summed E-state index contributed by atoms with van der Waals surface area (Å²) in [6.07, 6.45) is 2.49. The van der Waals surface area contributed by atoms with Crippen molar-refractivity contribution in [1.29, 1.82) is 0 Å². The Hall–Kier alpha value is -3.38. The van der Waals surface area contributed by atoms with E-state index in [-0.39, 0.29) is 11.8 Å². The highest BCUT2D eigenvalue weighted by Gasteiger charge is 2.14. The molecule has 6 heteroatoms. The maximum Gasteiger partial charge on any atom is 0.165 e. The third kappa shape index (κ3) is 3.54. The van der Waals surface area contributed by atoms with Crippen LogP contribution in [0.3, 0.4) is 0 Å². The minimum atomic E-state index is 0.0351. The van der Waals surface area contributed by atoms with Crippen LogP contribution in [0.5, 0.6) is 5.75 Å². The van der Waals surface area contributed by atoms with Crippen molar-refractivity contribution in [2.24, 2.45) is 5.73 Å². The summed E-state index contributed by atoms with van der Waals surface area (Å²) in [7, 11) is 0. The molecule has 2 aromatic carbocycles. The molecule has 28 heavy (non-hydrogen) atoms. The van der Waals surface area contributed by atoms with E-state index in [1.807, 2.05) is 49.4 Å². The fourth-order valence-corrected chi connectivity index (χ4v) is 3.02. The van der Waals surface area contributed by atoms with Crippen LogP contribution < -0.4 is 11.1 Å². The Morgan fingerprint density at radius 1 is 1.11 bits per heavy atom. The van der Waals surface area contributed by atoms with Crippen LogP contribution in [0.25, 0.3) is 33.6 Å². The van der Waals surface area contributed by atoms with Crippen molar-refractivity contribution in [1.82, 2.24) is 9.97 Å². The Bertz CT molecular complexity index is 1090. The molecule has 4 aromatic rings. The molecule has 0 amide bonds. The molecular weight excluding hydrogens is 352 g/mol. The number of benzene rings is 2. The highest BCUT2D eigenvalue weighted by atomic mass is 16.3. The predicted octanol–water partition coefficient (Wildman–Crippen LogP) is 4.41. The maximum atomic E-state index is 10.5. The molecule has 0 radical (unpaired) electrons. The Kier molecular flexibility index (Phi) is 4.95. The zero-order valence-electron chi connectivity index (χ0n) is 15.6. The maximum absolute atomic E-state index is 10.5. The number of fused-ring (bicyclic) bond motifs is 1. The summed E-state index contributed by atoms with van der Waals surface area (Å²) >= 11 is 0. The molecular formula is C22H22N4O2. The van der Waals surface area contributed by atoms with Crippen LogP contribution in [0, 0.1) is 0 Å². The molecule has 4 rings (SSSR count). The van der Waals surface area contributed by atoms with E-state index in [0.29, 0.717) is 29.5 Å². The molecule has 2 aromatic heterocycles. The molecule has 0 aliphatic heterocycles. The first-order chi connectivity index (χ1) is 13.7. The number of hydrogen-bond acceptors (Lipinski definition) is 6. The first-order valence-corrected chi connectivity index (χ1v) is 9.29. The molecule has 0 saturated heterocycles. The lowest BCUT2D eigenvalue weighted by molar-refractivity contribution is 0.477. The number of para-hydroxylation sites is 1. The van der Waals surface area contributed by atoms with E-state index in [1.54, 1.807) is 18.4 Å². The lowest BCUT2D eigenvalue weighted by Crippen LogP contribution is -2.28. The first kappa shape index (κ1) is 18.0. The summed E-state index contributed by atoms with van der Waals surface area (Å²) < 4.78 is 5.47. The molecule has 0 aliphatic rings. The number of aromatic hydroxyl groups is 1. The van der Waals surface area contributed by atoms with Crippen LogP contribution in [0.4, 0.5) is 5.82 Å². The number of furan rings is 1. The van der Waals surface area contributed by atoms with Crippen LogP contribution in [-0.2, 0) is 0 Å². The van der Waals surface area contributed by atoms with Crippen LogP contribution in [-0.4, -0.2) is 27.7 Å². The molecule has 2 heterocycles. The van der Waals surface area contributed by atoms with Gasteiger partial charge < -0.3 is 20.6 Å². The second-order valence-corrected chi connectivity index (χ2v) is 6.67. The molecule has 6 nitrogen and oxygen atoms in total. The van der Waals surface area contributed by atoms with Gasteiger partial charge in [0.1, 0.15) is 17.3 Å². The van der Waals surface area contributed by atoms with Gasteiger partial charge in [0, 0.05) is 23.5 Å². The summed E-state index contributed by atoms with van der Waals surface area (Å²) in [5, 5.41) is 14.7. The van der Waals surface area contributed by atoms with Gasteiger partial charge in [-0.3, -0.25) is 0 Å². The molecule has 0 unspecified atom stereocenters. The second-order valence-electron chi connectivity index (χ2n) is 6.67. The number of rotatable bonds is 6. The van der Waals surface area contributed by atoms with Crippen molar-refractivity contribution >= 4 is 16.7 Å². The Morgan fingerprint density at radius 3 is 2.75 bits per heavy atom. The Morgan fingerprint density at radius 2 is 1.96 bits per heavy atom. The largest absolute Gasteiger partial charge is 0.507 e. The van der Waals surface area contributed by atoms with Crippen molar-refractivity contribution in [2.45, 2.75) is 19.4 Å². The molecule has 142 valence electrons. The third-order valence-corrected chi connectivity index (χ3v) is 4.70. The fraction of sp³-hybridized carbons (Fsp3) is 0.182. The molecule has 0 spiro atoms. The van der Waals surface area contributed by atoms with Crippen molar-refractivity contribution in [3.05, 3.63) is 60.9 Å². The molecule has 1 atom stereocenters. The minimum absolute atomic E-state index is 0.0351. The van der Waals surface area contributed by atoms with Gasteiger partial charge in [-0.05, 0) is 48.9 Å². The van der Waals surface area contributed by atoms with E-state index in [4.69, 9.17) is 15.1 Å². The number of anilines is 1. The minimum Gasteiger partial charge on any atom is -0.507 e. The number of nitrogens with two attached hydrogens (primary N) is 1. The van der Waals surface area contributed by atoms with Crippen LogP contribution in [0.1, 0.15) is 13.3 Å². The van der Waals surface area contributed by atoms with Crippen molar-refractivity contribution in [2.75, 3.05) is 11.9 Å². The van der Waals surface area contributed by atoms with E-state index < -0.39 is 0 Å². The van der Waals surface area contributed by atoms with Crippen molar-refractivity contribution < 1.29 is 9.52 Å². The number of nitrogens with zero attached hydrogens (tertiary/aromatic N) is 2. The molecule has 0 saturated carbocycles.